The molecule has 2 aromatic heterocycles. The normalized spacial score (nSPS) is 24.2. The third-order valence-corrected chi connectivity index (χ3v) is 6.62. The van der Waals surface area contributed by atoms with E-state index in [2.05, 4.69) is 15.2 Å². The van der Waals surface area contributed by atoms with E-state index >= 15 is 0 Å². The number of carbonyl (C=O) groups excluding carboxylic acids is 1. The summed E-state index contributed by atoms with van der Waals surface area (Å²) in [5, 5.41) is 8.11. The SMILES string of the molecule is COCC1C2CCC(C(Oc3ccc(C)cn3)C2)N1C(=O)c1cccc(F)c1-n1nccn1. The molecule has 172 valence electrons. The molecule has 0 radical (unpaired) electrons. The van der Waals surface area contributed by atoms with Gasteiger partial charge in [0.2, 0.25) is 5.88 Å². The van der Waals surface area contributed by atoms with Crippen molar-refractivity contribution in [2.75, 3.05) is 13.7 Å². The molecule has 1 aliphatic carbocycles. The molecule has 4 atom stereocenters. The number of para-hydroxylation sites is 1. The Morgan fingerprint density at radius 2 is 2.00 bits per heavy atom. The van der Waals surface area contributed by atoms with Crippen molar-refractivity contribution in [3.63, 3.8) is 0 Å². The van der Waals surface area contributed by atoms with Gasteiger partial charge in [0.15, 0.2) is 5.82 Å². The molecular formula is C24H26FN5O3. The average Bonchev–Trinajstić information content (AvgIpc) is 3.35. The molecule has 1 saturated carbocycles. The van der Waals surface area contributed by atoms with E-state index < -0.39 is 5.82 Å². The first-order valence-electron chi connectivity index (χ1n) is 11.1. The van der Waals surface area contributed by atoms with Crippen molar-refractivity contribution in [1.82, 2.24) is 24.9 Å². The Morgan fingerprint density at radius 3 is 2.73 bits per heavy atom. The van der Waals surface area contributed by atoms with Crippen molar-refractivity contribution in [2.45, 2.75) is 44.4 Å². The van der Waals surface area contributed by atoms with E-state index in [9.17, 15) is 9.18 Å². The summed E-state index contributed by atoms with van der Waals surface area (Å²) in [7, 11) is 1.64. The van der Waals surface area contributed by atoms with Crippen LogP contribution in [0.5, 0.6) is 5.88 Å². The Bertz CT molecular complexity index is 1120. The van der Waals surface area contributed by atoms with Crippen molar-refractivity contribution < 1.29 is 18.7 Å². The number of piperidine rings is 2. The first-order valence-corrected chi connectivity index (χ1v) is 11.1. The lowest BCUT2D eigenvalue weighted by molar-refractivity contribution is -0.0823. The lowest BCUT2D eigenvalue weighted by atomic mass is 9.72. The number of aromatic nitrogens is 4. The molecule has 4 heterocycles. The van der Waals surface area contributed by atoms with Crippen molar-refractivity contribution in [3.05, 3.63) is 65.9 Å². The first-order chi connectivity index (χ1) is 16.1. The summed E-state index contributed by atoms with van der Waals surface area (Å²) in [5.74, 6) is -0.0712. The molecule has 4 unspecified atom stereocenters. The van der Waals surface area contributed by atoms with E-state index in [4.69, 9.17) is 9.47 Å². The lowest BCUT2D eigenvalue weighted by Crippen LogP contribution is -2.65. The number of halogens is 1. The van der Waals surface area contributed by atoms with Crippen LogP contribution in [-0.2, 0) is 4.74 Å². The summed E-state index contributed by atoms with van der Waals surface area (Å²) in [4.78, 5) is 21.3. The summed E-state index contributed by atoms with van der Waals surface area (Å²) in [6.45, 7) is 2.38. The molecule has 3 fully saturated rings. The monoisotopic (exact) mass is 451 g/mol. The Kier molecular flexibility index (Phi) is 5.80. The van der Waals surface area contributed by atoms with Crippen LogP contribution in [0.2, 0.25) is 0 Å². The van der Waals surface area contributed by atoms with Crippen LogP contribution in [0.15, 0.2) is 48.9 Å². The van der Waals surface area contributed by atoms with Crippen LogP contribution in [0.3, 0.4) is 0 Å². The van der Waals surface area contributed by atoms with Gasteiger partial charge in [-0.2, -0.15) is 10.2 Å². The lowest BCUT2D eigenvalue weighted by Gasteiger charge is -2.54. The van der Waals surface area contributed by atoms with Gasteiger partial charge in [0.25, 0.3) is 5.91 Å². The van der Waals surface area contributed by atoms with Gasteiger partial charge in [-0.15, -0.1) is 4.80 Å². The number of hydrogen-bond donors (Lipinski definition) is 0. The molecule has 6 rings (SSSR count). The van der Waals surface area contributed by atoms with Crippen molar-refractivity contribution in [1.29, 1.82) is 0 Å². The Hall–Kier alpha value is -3.33. The standard InChI is InChI=1S/C24H26FN5O3/c1-15-6-9-22(26-13-15)33-21-12-16-7-8-19(21)29(20(16)14-32-2)24(31)17-4-3-5-18(25)23(17)30-27-10-11-28-30/h3-6,9-11,13,16,19-21H,7-8,12,14H2,1-2H3. The van der Waals surface area contributed by atoms with E-state index in [1.807, 2.05) is 24.0 Å². The van der Waals surface area contributed by atoms with E-state index in [0.717, 1.165) is 29.6 Å². The molecular weight excluding hydrogens is 425 g/mol. The Balaban J connectivity index is 1.50. The number of fused-ring (bicyclic) bond motifs is 3. The zero-order valence-electron chi connectivity index (χ0n) is 18.6. The Labute approximate surface area is 191 Å². The van der Waals surface area contributed by atoms with Crippen LogP contribution in [0.25, 0.3) is 5.69 Å². The molecule has 3 aromatic rings. The maximum absolute atomic E-state index is 14.8. The van der Waals surface area contributed by atoms with Gasteiger partial charge in [-0.25, -0.2) is 9.37 Å². The predicted molar refractivity (Wildman–Crippen MR) is 118 cm³/mol. The van der Waals surface area contributed by atoms with Gasteiger partial charge in [0.1, 0.15) is 11.8 Å². The van der Waals surface area contributed by atoms with Crippen LogP contribution in [0.4, 0.5) is 4.39 Å². The largest absolute Gasteiger partial charge is 0.472 e. The third-order valence-electron chi connectivity index (χ3n) is 6.62. The molecule has 2 bridgehead atoms. The summed E-state index contributed by atoms with van der Waals surface area (Å²) in [5.41, 5.74) is 1.31. The highest BCUT2D eigenvalue weighted by molar-refractivity contribution is 5.98. The van der Waals surface area contributed by atoms with Gasteiger partial charge in [0.05, 0.1) is 36.6 Å². The van der Waals surface area contributed by atoms with Crippen LogP contribution in [0.1, 0.15) is 35.2 Å². The summed E-state index contributed by atoms with van der Waals surface area (Å²) < 4.78 is 26.6. The number of rotatable bonds is 6. The Morgan fingerprint density at radius 1 is 1.18 bits per heavy atom. The molecule has 33 heavy (non-hydrogen) atoms. The van der Waals surface area contributed by atoms with Gasteiger partial charge < -0.3 is 14.4 Å². The zero-order valence-corrected chi connectivity index (χ0v) is 18.6. The van der Waals surface area contributed by atoms with Crippen LogP contribution in [0, 0.1) is 18.7 Å². The topological polar surface area (TPSA) is 82.4 Å². The minimum Gasteiger partial charge on any atom is -0.472 e. The van der Waals surface area contributed by atoms with Gasteiger partial charge in [-0.1, -0.05) is 12.1 Å². The smallest absolute Gasteiger partial charge is 0.256 e. The minimum absolute atomic E-state index is 0.0442. The third kappa shape index (κ3) is 3.97. The number of pyridine rings is 1. The molecule has 3 aliphatic rings. The van der Waals surface area contributed by atoms with Crippen molar-refractivity contribution >= 4 is 5.91 Å². The van der Waals surface area contributed by atoms with Gasteiger partial charge in [-0.3, -0.25) is 4.79 Å². The van der Waals surface area contributed by atoms with Crippen LogP contribution in [-0.4, -0.2) is 62.7 Å². The number of carbonyl (C=O) groups is 1. The molecule has 8 nitrogen and oxygen atoms in total. The highest BCUT2D eigenvalue weighted by atomic mass is 19.1. The van der Waals surface area contributed by atoms with Crippen LogP contribution < -0.4 is 4.74 Å². The minimum atomic E-state index is -0.556. The predicted octanol–water partition coefficient (Wildman–Crippen LogP) is 3.20. The molecule has 2 saturated heterocycles. The summed E-state index contributed by atoms with van der Waals surface area (Å²) in [6.07, 6.45) is 7.08. The summed E-state index contributed by atoms with van der Waals surface area (Å²) >= 11 is 0. The van der Waals surface area contributed by atoms with Gasteiger partial charge >= 0.3 is 0 Å². The van der Waals surface area contributed by atoms with Crippen molar-refractivity contribution in [3.8, 4) is 11.6 Å². The quantitative estimate of drug-likeness (QED) is 0.573. The average molecular weight is 452 g/mol. The molecule has 0 spiro atoms. The van der Waals surface area contributed by atoms with E-state index in [1.54, 1.807) is 19.4 Å². The fourth-order valence-corrected chi connectivity index (χ4v) is 5.14. The van der Waals surface area contributed by atoms with Crippen LogP contribution >= 0.6 is 0 Å². The van der Waals surface area contributed by atoms with Crippen molar-refractivity contribution in [2.24, 2.45) is 5.92 Å². The maximum Gasteiger partial charge on any atom is 0.256 e. The molecule has 1 amide bonds. The number of methoxy groups -OCH3 is 1. The first kappa shape index (κ1) is 21.5. The molecule has 9 heteroatoms. The fraction of sp³-hybridized carbons (Fsp3) is 0.417. The maximum atomic E-state index is 14.8. The van der Waals surface area contributed by atoms with Gasteiger partial charge in [0, 0.05) is 19.4 Å². The highest BCUT2D eigenvalue weighted by Gasteiger charge is 2.50. The zero-order chi connectivity index (χ0) is 22.9. The fourth-order valence-electron chi connectivity index (χ4n) is 5.14. The van der Waals surface area contributed by atoms with E-state index in [-0.39, 0.29) is 41.3 Å². The second-order valence-electron chi connectivity index (χ2n) is 8.66. The van der Waals surface area contributed by atoms with Gasteiger partial charge in [-0.05, 0) is 49.8 Å². The number of aryl methyl sites for hydroxylation is 1. The number of nitrogens with zero attached hydrogens (tertiary/aromatic N) is 5. The summed E-state index contributed by atoms with van der Waals surface area (Å²) in [6, 6.07) is 7.97. The second kappa shape index (κ2) is 8.90. The number of ether oxygens (including phenoxy) is 2. The molecule has 2 aliphatic heterocycles. The number of hydrogen-bond acceptors (Lipinski definition) is 6. The molecule has 1 aromatic carbocycles. The van der Waals surface area contributed by atoms with E-state index in [1.165, 1.54) is 24.5 Å². The number of amides is 1. The second-order valence-corrected chi connectivity index (χ2v) is 8.66. The number of benzene rings is 1. The van der Waals surface area contributed by atoms with E-state index in [0.29, 0.717) is 12.5 Å². The highest BCUT2D eigenvalue weighted by Crippen LogP contribution is 2.42. The molecule has 0 N–H and O–H groups in total.